The van der Waals surface area contributed by atoms with Crippen molar-refractivity contribution in [1.82, 2.24) is 14.7 Å². The van der Waals surface area contributed by atoms with Crippen LogP contribution in [-0.2, 0) is 24.4 Å². The third-order valence-corrected chi connectivity index (χ3v) is 4.20. The van der Waals surface area contributed by atoms with Crippen LogP contribution >= 0.6 is 0 Å². The van der Waals surface area contributed by atoms with Crippen LogP contribution in [0.5, 0.6) is 0 Å². The molecule has 0 fully saturated rings. The number of aromatic nitrogens is 2. The Bertz CT molecular complexity index is 709. The van der Waals surface area contributed by atoms with E-state index in [4.69, 9.17) is 5.11 Å². The maximum atomic E-state index is 11.4. The third-order valence-electron chi connectivity index (χ3n) is 4.20. The van der Waals surface area contributed by atoms with Gasteiger partial charge in [0.1, 0.15) is 0 Å². The summed E-state index contributed by atoms with van der Waals surface area (Å²) in [5.41, 5.74) is 5.29. The lowest BCUT2D eigenvalue weighted by molar-refractivity contribution is -0.128. The molecule has 1 heterocycles. The van der Waals surface area contributed by atoms with Gasteiger partial charge in [-0.3, -0.25) is 9.48 Å². The van der Waals surface area contributed by atoms with Gasteiger partial charge >= 0.3 is 0 Å². The number of aliphatic hydroxyl groups is 1. The van der Waals surface area contributed by atoms with E-state index in [0.717, 1.165) is 28.2 Å². The first-order valence-electron chi connectivity index (χ1n) is 8.10. The molecule has 2 aromatic rings. The van der Waals surface area contributed by atoms with Gasteiger partial charge in [0, 0.05) is 44.0 Å². The topological polar surface area (TPSA) is 70.4 Å². The molecule has 0 saturated heterocycles. The SMILES string of the molecule is CC(=O)N(C)Cc1cccc(NCc2c(C)nn(CCO)c2C)c1. The fraction of sp³-hybridized carbons (Fsp3) is 0.444. The second-order valence-electron chi connectivity index (χ2n) is 6.03. The van der Waals surface area contributed by atoms with Gasteiger partial charge in [0.2, 0.25) is 5.91 Å². The highest BCUT2D eigenvalue weighted by Gasteiger charge is 2.11. The van der Waals surface area contributed by atoms with E-state index in [1.165, 1.54) is 0 Å². The maximum Gasteiger partial charge on any atom is 0.219 e. The number of amides is 1. The fourth-order valence-corrected chi connectivity index (χ4v) is 2.66. The Morgan fingerprint density at radius 2 is 2.12 bits per heavy atom. The van der Waals surface area contributed by atoms with Crippen LogP contribution in [0, 0.1) is 13.8 Å². The molecule has 6 heteroatoms. The Morgan fingerprint density at radius 1 is 1.38 bits per heavy atom. The van der Waals surface area contributed by atoms with E-state index >= 15 is 0 Å². The normalized spacial score (nSPS) is 10.7. The molecule has 0 atom stereocenters. The standard InChI is InChI=1S/C18H26N4O2/c1-13-18(14(2)22(20-13)8-9-23)11-19-17-7-5-6-16(10-17)12-21(4)15(3)24/h5-7,10,19,23H,8-9,11-12H2,1-4H3. The molecular formula is C18H26N4O2. The number of hydrogen-bond acceptors (Lipinski definition) is 4. The molecule has 2 rings (SSSR count). The van der Waals surface area contributed by atoms with Crippen molar-refractivity contribution in [2.24, 2.45) is 0 Å². The van der Waals surface area contributed by atoms with Crippen LogP contribution in [-0.4, -0.2) is 39.3 Å². The number of aryl methyl sites for hydroxylation is 1. The zero-order valence-corrected chi connectivity index (χ0v) is 14.8. The molecule has 0 saturated carbocycles. The number of hydrogen-bond donors (Lipinski definition) is 2. The number of anilines is 1. The highest BCUT2D eigenvalue weighted by Crippen LogP contribution is 2.17. The summed E-state index contributed by atoms with van der Waals surface area (Å²) < 4.78 is 1.84. The van der Waals surface area contributed by atoms with Gasteiger partial charge in [-0.05, 0) is 31.5 Å². The van der Waals surface area contributed by atoms with Gasteiger partial charge in [-0.1, -0.05) is 12.1 Å². The number of benzene rings is 1. The molecule has 6 nitrogen and oxygen atoms in total. The lowest BCUT2D eigenvalue weighted by Crippen LogP contribution is -2.23. The summed E-state index contributed by atoms with van der Waals surface area (Å²) in [6, 6.07) is 8.07. The number of carbonyl (C=O) groups excluding carboxylic acids is 1. The summed E-state index contributed by atoms with van der Waals surface area (Å²) in [7, 11) is 1.80. The number of nitrogens with zero attached hydrogens (tertiary/aromatic N) is 3. The van der Waals surface area contributed by atoms with Crippen molar-refractivity contribution in [3.63, 3.8) is 0 Å². The molecule has 1 aromatic carbocycles. The summed E-state index contributed by atoms with van der Waals surface area (Å²) in [6.07, 6.45) is 0. The first-order chi connectivity index (χ1) is 11.4. The Kier molecular flexibility index (Phi) is 5.98. The van der Waals surface area contributed by atoms with Crippen LogP contribution in [0.15, 0.2) is 24.3 Å². The van der Waals surface area contributed by atoms with E-state index in [1.807, 2.05) is 36.7 Å². The third kappa shape index (κ3) is 4.35. The van der Waals surface area contributed by atoms with Gasteiger partial charge in [0.15, 0.2) is 0 Å². The van der Waals surface area contributed by atoms with E-state index in [-0.39, 0.29) is 12.5 Å². The second-order valence-corrected chi connectivity index (χ2v) is 6.03. The minimum atomic E-state index is 0.0518. The lowest BCUT2D eigenvalue weighted by Gasteiger charge is -2.15. The Balaban J connectivity index is 2.06. The van der Waals surface area contributed by atoms with Crippen molar-refractivity contribution in [1.29, 1.82) is 0 Å². The number of aliphatic hydroxyl groups excluding tert-OH is 1. The first-order valence-corrected chi connectivity index (χ1v) is 8.10. The van der Waals surface area contributed by atoms with Gasteiger partial charge in [0.05, 0.1) is 18.8 Å². The predicted molar refractivity (Wildman–Crippen MR) is 94.7 cm³/mol. The van der Waals surface area contributed by atoms with Crippen molar-refractivity contribution in [2.75, 3.05) is 19.0 Å². The van der Waals surface area contributed by atoms with Crippen molar-refractivity contribution in [2.45, 2.75) is 40.4 Å². The van der Waals surface area contributed by atoms with Crippen LogP contribution in [0.1, 0.15) is 29.4 Å². The zero-order chi connectivity index (χ0) is 17.7. The zero-order valence-electron chi connectivity index (χ0n) is 14.8. The smallest absolute Gasteiger partial charge is 0.219 e. The number of carbonyl (C=O) groups is 1. The van der Waals surface area contributed by atoms with Crippen LogP contribution in [0.2, 0.25) is 0 Å². The van der Waals surface area contributed by atoms with Crippen LogP contribution in [0.4, 0.5) is 5.69 Å². The molecule has 0 aliphatic rings. The molecule has 1 amide bonds. The molecule has 0 aliphatic heterocycles. The lowest BCUT2D eigenvalue weighted by atomic mass is 10.1. The van der Waals surface area contributed by atoms with E-state index in [9.17, 15) is 4.79 Å². The summed E-state index contributed by atoms with van der Waals surface area (Å²) in [4.78, 5) is 13.0. The van der Waals surface area contributed by atoms with Crippen LogP contribution < -0.4 is 5.32 Å². The largest absolute Gasteiger partial charge is 0.394 e. The van der Waals surface area contributed by atoms with E-state index in [2.05, 4.69) is 16.5 Å². The van der Waals surface area contributed by atoms with Gasteiger partial charge in [-0.25, -0.2) is 0 Å². The fourth-order valence-electron chi connectivity index (χ4n) is 2.66. The van der Waals surface area contributed by atoms with E-state index < -0.39 is 0 Å². The van der Waals surface area contributed by atoms with Gasteiger partial charge in [-0.2, -0.15) is 5.10 Å². The minimum Gasteiger partial charge on any atom is -0.394 e. The molecular weight excluding hydrogens is 304 g/mol. The second kappa shape index (κ2) is 7.97. The van der Waals surface area contributed by atoms with Crippen molar-refractivity contribution in [3.8, 4) is 0 Å². The Labute approximate surface area is 143 Å². The Morgan fingerprint density at radius 3 is 2.79 bits per heavy atom. The average Bonchev–Trinajstić information content (AvgIpc) is 2.80. The highest BCUT2D eigenvalue weighted by molar-refractivity contribution is 5.72. The summed E-state index contributed by atoms with van der Waals surface area (Å²) in [5, 5.41) is 17.0. The monoisotopic (exact) mass is 330 g/mol. The van der Waals surface area contributed by atoms with Crippen molar-refractivity contribution >= 4 is 11.6 Å². The van der Waals surface area contributed by atoms with E-state index in [1.54, 1.807) is 18.9 Å². The van der Waals surface area contributed by atoms with Gasteiger partial charge in [-0.15, -0.1) is 0 Å². The predicted octanol–water partition coefficient (Wildman–Crippen LogP) is 2.08. The first kappa shape index (κ1) is 18.0. The quantitative estimate of drug-likeness (QED) is 0.815. The maximum absolute atomic E-state index is 11.4. The highest BCUT2D eigenvalue weighted by atomic mass is 16.3. The summed E-state index contributed by atoms with van der Waals surface area (Å²) in [5.74, 6) is 0.0518. The van der Waals surface area contributed by atoms with Gasteiger partial charge < -0.3 is 15.3 Å². The molecule has 130 valence electrons. The van der Waals surface area contributed by atoms with Crippen LogP contribution in [0.25, 0.3) is 0 Å². The number of rotatable bonds is 7. The molecule has 2 N–H and O–H groups in total. The number of nitrogens with one attached hydrogen (secondary N) is 1. The average molecular weight is 330 g/mol. The molecule has 0 bridgehead atoms. The Hall–Kier alpha value is -2.34. The van der Waals surface area contributed by atoms with Crippen molar-refractivity contribution < 1.29 is 9.90 Å². The molecule has 1 aromatic heterocycles. The minimum absolute atomic E-state index is 0.0518. The van der Waals surface area contributed by atoms with Crippen LogP contribution in [0.3, 0.4) is 0 Å². The van der Waals surface area contributed by atoms with E-state index in [0.29, 0.717) is 19.6 Å². The van der Waals surface area contributed by atoms with Crippen molar-refractivity contribution in [3.05, 3.63) is 46.8 Å². The summed E-state index contributed by atoms with van der Waals surface area (Å²) >= 11 is 0. The molecule has 0 spiro atoms. The molecule has 24 heavy (non-hydrogen) atoms. The summed E-state index contributed by atoms with van der Waals surface area (Å²) in [6.45, 7) is 7.44. The molecule has 0 unspecified atom stereocenters. The van der Waals surface area contributed by atoms with Gasteiger partial charge in [0.25, 0.3) is 0 Å². The molecule has 0 radical (unpaired) electrons. The molecule has 0 aliphatic carbocycles.